The average Bonchev–Trinajstić information content (AvgIpc) is 2.41. The zero-order valence-corrected chi connectivity index (χ0v) is 11.7. The van der Waals surface area contributed by atoms with Crippen molar-refractivity contribution in [3.63, 3.8) is 0 Å². The molecule has 0 bridgehead atoms. The van der Waals surface area contributed by atoms with Gasteiger partial charge >= 0.3 is 0 Å². The number of benzene rings is 1. The van der Waals surface area contributed by atoms with Gasteiger partial charge in [-0.3, -0.25) is 4.79 Å². The zero-order valence-electron chi connectivity index (χ0n) is 11.7. The third kappa shape index (κ3) is 3.49. The summed E-state index contributed by atoms with van der Waals surface area (Å²) in [5.74, 6) is 1.97. The molecule has 0 N–H and O–H groups in total. The molecule has 0 aromatic heterocycles. The van der Waals surface area contributed by atoms with Gasteiger partial charge in [0.1, 0.15) is 0 Å². The van der Waals surface area contributed by atoms with E-state index in [1.807, 2.05) is 19.1 Å². The molecular weight excluding hydrogens is 240 g/mol. The molecule has 19 heavy (non-hydrogen) atoms. The van der Waals surface area contributed by atoms with Crippen LogP contribution in [-0.4, -0.2) is 19.0 Å². The third-order valence-corrected chi connectivity index (χ3v) is 3.61. The summed E-state index contributed by atoms with van der Waals surface area (Å²) in [4.78, 5) is 11.2. The van der Waals surface area contributed by atoms with Crippen LogP contribution in [0.1, 0.15) is 49.9 Å². The molecule has 1 saturated carbocycles. The van der Waals surface area contributed by atoms with E-state index in [0.717, 1.165) is 19.1 Å². The summed E-state index contributed by atoms with van der Waals surface area (Å²) in [6.45, 7) is 4.75. The lowest BCUT2D eigenvalue weighted by Crippen LogP contribution is -2.24. The van der Waals surface area contributed by atoms with Crippen molar-refractivity contribution in [2.24, 2.45) is 5.92 Å². The normalized spacial score (nSPS) is 22.8. The maximum Gasteiger partial charge on any atom is 0.172 e. The number of carbonyl (C=O) groups is 1. The monoisotopic (exact) mass is 262 g/mol. The fraction of sp³-hybridized carbons (Fsp3) is 0.562. The van der Waals surface area contributed by atoms with E-state index in [4.69, 9.17) is 9.47 Å². The van der Waals surface area contributed by atoms with E-state index in [9.17, 15) is 4.79 Å². The number of ether oxygens (including phenoxy) is 2. The Bertz CT molecular complexity index is 428. The molecule has 0 radical (unpaired) electrons. The van der Waals surface area contributed by atoms with Crippen molar-refractivity contribution in [1.82, 2.24) is 0 Å². The number of carbonyl (C=O) groups excluding carboxylic acids is 1. The van der Waals surface area contributed by atoms with E-state index in [2.05, 4.69) is 6.92 Å². The van der Waals surface area contributed by atoms with Gasteiger partial charge in [0, 0.05) is 0 Å². The van der Waals surface area contributed by atoms with Crippen LogP contribution in [0.25, 0.3) is 0 Å². The van der Waals surface area contributed by atoms with E-state index in [1.165, 1.54) is 12.8 Å². The lowest BCUT2D eigenvalue weighted by atomic mass is 9.88. The minimum Gasteiger partial charge on any atom is -0.490 e. The highest BCUT2D eigenvalue weighted by atomic mass is 16.5. The second kappa shape index (κ2) is 6.60. The van der Waals surface area contributed by atoms with Gasteiger partial charge in [-0.25, -0.2) is 0 Å². The SMILES string of the molecule is CCOc1cccc(C=O)c1OC1CCCC(C)C1. The molecule has 0 heterocycles. The predicted octanol–water partition coefficient (Wildman–Crippen LogP) is 3.86. The van der Waals surface area contributed by atoms with Crippen molar-refractivity contribution in [1.29, 1.82) is 0 Å². The van der Waals surface area contributed by atoms with Crippen LogP contribution >= 0.6 is 0 Å². The first kappa shape index (κ1) is 13.9. The summed E-state index contributed by atoms with van der Waals surface area (Å²) in [6, 6.07) is 5.46. The highest BCUT2D eigenvalue weighted by Gasteiger charge is 2.22. The Morgan fingerprint density at radius 1 is 1.37 bits per heavy atom. The van der Waals surface area contributed by atoms with E-state index in [1.54, 1.807) is 6.07 Å². The van der Waals surface area contributed by atoms with Crippen LogP contribution < -0.4 is 9.47 Å². The molecule has 0 spiro atoms. The Balaban J connectivity index is 2.19. The van der Waals surface area contributed by atoms with E-state index in [0.29, 0.717) is 29.6 Å². The highest BCUT2D eigenvalue weighted by molar-refractivity contribution is 5.81. The molecule has 3 nitrogen and oxygen atoms in total. The molecule has 2 atom stereocenters. The molecule has 3 heteroatoms. The smallest absolute Gasteiger partial charge is 0.172 e. The molecule has 1 aliphatic rings. The Labute approximate surface area is 114 Å². The maximum absolute atomic E-state index is 11.2. The van der Waals surface area contributed by atoms with Gasteiger partial charge < -0.3 is 9.47 Å². The summed E-state index contributed by atoms with van der Waals surface area (Å²) < 4.78 is 11.6. The number of hydrogen-bond acceptors (Lipinski definition) is 3. The van der Waals surface area contributed by atoms with Gasteiger partial charge in [-0.05, 0) is 44.2 Å². The first-order valence-corrected chi connectivity index (χ1v) is 7.12. The van der Waals surface area contributed by atoms with Gasteiger partial charge in [-0.1, -0.05) is 19.4 Å². The van der Waals surface area contributed by atoms with Crippen molar-refractivity contribution >= 4 is 6.29 Å². The van der Waals surface area contributed by atoms with E-state index < -0.39 is 0 Å². The predicted molar refractivity (Wildman–Crippen MR) is 75.0 cm³/mol. The highest BCUT2D eigenvalue weighted by Crippen LogP contribution is 2.34. The molecule has 0 aliphatic heterocycles. The molecular formula is C16H22O3. The zero-order chi connectivity index (χ0) is 13.7. The van der Waals surface area contributed by atoms with Gasteiger partial charge in [0.05, 0.1) is 18.3 Å². The van der Waals surface area contributed by atoms with Gasteiger partial charge in [-0.2, -0.15) is 0 Å². The van der Waals surface area contributed by atoms with Crippen LogP contribution in [0.4, 0.5) is 0 Å². The van der Waals surface area contributed by atoms with Gasteiger partial charge in [-0.15, -0.1) is 0 Å². The van der Waals surface area contributed by atoms with Crippen molar-refractivity contribution < 1.29 is 14.3 Å². The summed E-state index contributed by atoms with van der Waals surface area (Å²) >= 11 is 0. The Kier molecular flexibility index (Phi) is 4.83. The second-order valence-electron chi connectivity index (χ2n) is 5.24. The second-order valence-corrected chi connectivity index (χ2v) is 5.24. The average molecular weight is 262 g/mol. The van der Waals surface area contributed by atoms with Crippen LogP contribution in [0.2, 0.25) is 0 Å². The molecule has 2 rings (SSSR count). The van der Waals surface area contributed by atoms with E-state index >= 15 is 0 Å². The van der Waals surface area contributed by atoms with Crippen LogP contribution in [-0.2, 0) is 0 Å². The molecule has 1 aliphatic carbocycles. The van der Waals surface area contributed by atoms with Crippen LogP contribution in [0.5, 0.6) is 11.5 Å². The quantitative estimate of drug-likeness (QED) is 0.756. The van der Waals surface area contributed by atoms with Crippen LogP contribution in [0.15, 0.2) is 18.2 Å². The number of aldehydes is 1. The fourth-order valence-corrected chi connectivity index (χ4v) is 2.67. The minimum absolute atomic E-state index is 0.198. The lowest BCUT2D eigenvalue weighted by molar-refractivity contribution is 0.108. The molecule has 0 saturated heterocycles. The molecule has 1 fully saturated rings. The Morgan fingerprint density at radius 3 is 2.89 bits per heavy atom. The lowest BCUT2D eigenvalue weighted by Gasteiger charge is -2.28. The summed E-state index contributed by atoms with van der Waals surface area (Å²) in [5, 5.41) is 0. The molecule has 0 amide bonds. The number of rotatable bonds is 5. The van der Waals surface area contributed by atoms with Crippen molar-refractivity contribution in [3.8, 4) is 11.5 Å². The fourth-order valence-electron chi connectivity index (χ4n) is 2.67. The first-order chi connectivity index (χ1) is 9.24. The molecule has 2 unspecified atom stereocenters. The largest absolute Gasteiger partial charge is 0.490 e. The summed E-state index contributed by atoms with van der Waals surface area (Å²) in [7, 11) is 0. The summed E-state index contributed by atoms with van der Waals surface area (Å²) in [6.07, 6.45) is 5.61. The standard InChI is InChI=1S/C16H22O3/c1-3-18-15-9-5-7-13(11-17)16(15)19-14-8-4-6-12(2)10-14/h5,7,9,11-12,14H,3-4,6,8,10H2,1-2H3. The van der Waals surface area contributed by atoms with Crippen molar-refractivity contribution in [2.45, 2.75) is 45.6 Å². The molecule has 1 aromatic carbocycles. The van der Waals surface area contributed by atoms with Crippen molar-refractivity contribution in [2.75, 3.05) is 6.61 Å². The third-order valence-electron chi connectivity index (χ3n) is 3.61. The van der Waals surface area contributed by atoms with Gasteiger partial charge in [0.2, 0.25) is 0 Å². The van der Waals surface area contributed by atoms with Gasteiger partial charge in [0.25, 0.3) is 0 Å². The number of para-hydroxylation sites is 1. The Morgan fingerprint density at radius 2 is 2.21 bits per heavy atom. The van der Waals surface area contributed by atoms with E-state index in [-0.39, 0.29) is 6.10 Å². The maximum atomic E-state index is 11.2. The molecule has 1 aromatic rings. The van der Waals surface area contributed by atoms with Crippen LogP contribution in [0.3, 0.4) is 0 Å². The van der Waals surface area contributed by atoms with Crippen LogP contribution in [0, 0.1) is 5.92 Å². The van der Waals surface area contributed by atoms with Crippen molar-refractivity contribution in [3.05, 3.63) is 23.8 Å². The number of hydrogen-bond donors (Lipinski definition) is 0. The van der Waals surface area contributed by atoms with Gasteiger partial charge in [0.15, 0.2) is 17.8 Å². The topological polar surface area (TPSA) is 35.5 Å². The minimum atomic E-state index is 0.198. The summed E-state index contributed by atoms with van der Waals surface area (Å²) in [5.41, 5.74) is 0.573. The molecule has 104 valence electrons. The first-order valence-electron chi connectivity index (χ1n) is 7.12. The Hall–Kier alpha value is -1.51.